The van der Waals surface area contributed by atoms with E-state index in [-0.39, 0.29) is 5.56 Å². The van der Waals surface area contributed by atoms with Crippen LogP contribution in [0.4, 0.5) is 11.5 Å². The van der Waals surface area contributed by atoms with E-state index in [1.165, 1.54) is 12.1 Å². The summed E-state index contributed by atoms with van der Waals surface area (Å²) in [5.41, 5.74) is 2.58. The Labute approximate surface area is 137 Å². The zero-order valence-corrected chi connectivity index (χ0v) is 12.7. The third-order valence-corrected chi connectivity index (χ3v) is 3.42. The monoisotopic (exact) mass is 325 g/mol. The first-order chi connectivity index (χ1) is 11.1. The first-order valence-corrected chi connectivity index (χ1v) is 7.20. The van der Waals surface area contributed by atoms with E-state index in [2.05, 4.69) is 15.5 Å². The van der Waals surface area contributed by atoms with Crippen molar-refractivity contribution in [1.82, 2.24) is 10.2 Å². The van der Waals surface area contributed by atoms with Gasteiger partial charge in [-0.1, -0.05) is 23.7 Å². The molecule has 6 heteroatoms. The molecule has 3 rings (SSSR count). The zero-order valence-electron chi connectivity index (χ0n) is 11.9. The lowest BCUT2D eigenvalue weighted by Crippen LogP contribution is -1.98. The number of anilines is 2. The number of benzene rings is 2. The van der Waals surface area contributed by atoms with Crippen LogP contribution in [-0.2, 0) is 0 Å². The van der Waals surface area contributed by atoms with Crippen molar-refractivity contribution in [2.45, 2.75) is 0 Å². The van der Waals surface area contributed by atoms with E-state index in [9.17, 15) is 4.79 Å². The molecular weight excluding hydrogens is 314 g/mol. The number of carbonyl (C=O) groups is 1. The van der Waals surface area contributed by atoms with Gasteiger partial charge in [0.15, 0.2) is 5.82 Å². The zero-order chi connectivity index (χ0) is 16.2. The summed E-state index contributed by atoms with van der Waals surface area (Å²) in [5, 5.41) is 20.9. The normalized spacial score (nSPS) is 10.3. The number of nitrogens with zero attached hydrogens (tertiary/aromatic N) is 2. The maximum atomic E-state index is 10.8. The standard InChI is InChI=1S/C17H12ClN3O2/c18-13-3-1-2-12(10-13)15-8-9-16(21-20-15)19-14-6-4-11(5-7-14)17(22)23/h1-10H,(H,19,21)(H,22,23). The largest absolute Gasteiger partial charge is 0.478 e. The first-order valence-electron chi connectivity index (χ1n) is 6.82. The summed E-state index contributed by atoms with van der Waals surface area (Å²) < 4.78 is 0. The second-order valence-electron chi connectivity index (χ2n) is 4.82. The Hall–Kier alpha value is -2.92. The van der Waals surface area contributed by atoms with Gasteiger partial charge in [0.1, 0.15) is 0 Å². The highest BCUT2D eigenvalue weighted by molar-refractivity contribution is 6.30. The van der Waals surface area contributed by atoms with Crippen molar-refractivity contribution < 1.29 is 9.90 Å². The number of aromatic nitrogens is 2. The van der Waals surface area contributed by atoms with Crippen molar-refractivity contribution in [3.05, 3.63) is 71.2 Å². The fourth-order valence-corrected chi connectivity index (χ4v) is 2.24. The molecule has 1 heterocycles. The molecule has 23 heavy (non-hydrogen) atoms. The van der Waals surface area contributed by atoms with Crippen LogP contribution in [0, 0.1) is 0 Å². The lowest BCUT2D eigenvalue weighted by atomic mass is 10.1. The molecule has 2 N–H and O–H groups in total. The third kappa shape index (κ3) is 3.64. The van der Waals surface area contributed by atoms with Gasteiger partial charge >= 0.3 is 5.97 Å². The molecule has 0 fully saturated rings. The average molecular weight is 326 g/mol. The number of carboxylic acid groups (broad SMARTS) is 1. The molecule has 3 aromatic rings. The molecule has 0 radical (unpaired) electrons. The molecule has 0 atom stereocenters. The fraction of sp³-hybridized carbons (Fsp3) is 0. The summed E-state index contributed by atoms with van der Waals surface area (Å²) >= 11 is 5.97. The average Bonchev–Trinajstić information content (AvgIpc) is 2.56. The summed E-state index contributed by atoms with van der Waals surface area (Å²) in [7, 11) is 0. The highest BCUT2D eigenvalue weighted by Gasteiger charge is 2.04. The highest BCUT2D eigenvalue weighted by atomic mass is 35.5. The molecule has 0 aliphatic carbocycles. The lowest BCUT2D eigenvalue weighted by molar-refractivity contribution is 0.0697. The Morgan fingerprint density at radius 2 is 1.78 bits per heavy atom. The van der Waals surface area contributed by atoms with E-state index in [0.717, 1.165) is 16.9 Å². The van der Waals surface area contributed by atoms with E-state index in [4.69, 9.17) is 16.7 Å². The van der Waals surface area contributed by atoms with Gasteiger partial charge in [-0.2, -0.15) is 0 Å². The van der Waals surface area contributed by atoms with Crippen molar-refractivity contribution in [3.8, 4) is 11.3 Å². The quantitative estimate of drug-likeness (QED) is 0.750. The molecule has 1 aromatic heterocycles. The predicted molar refractivity (Wildman–Crippen MR) is 89.2 cm³/mol. The van der Waals surface area contributed by atoms with Crippen molar-refractivity contribution in [2.24, 2.45) is 0 Å². The Balaban J connectivity index is 1.76. The summed E-state index contributed by atoms with van der Waals surface area (Å²) in [6, 6.07) is 17.4. The second-order valence-corrected chi connectivity index (χ2v) is 5.26. The molecule has 2 aromatic carbocycles. The molecular formula is C17H12ClN3O2. The Morgan fingerprint density at radius 3 is 2.39 bits per heavy atom. The summed E-state index contributed by atoms with van der Waals surface area (Å²) in [6.45, 7) is 0. The van der Waals surface area contributed by atoms with Crippen LogP contribution in [0.1, 0.15) is 10.4 Å². The van der Waals surface area contributed by atoms with Crippen LogP contribution in [0.25, 0.3) is 11.3 Å². The number of aromatic carboxylic acids is 1. The number of nitrogens with one attached hydrogen (secondary N) is 1. The van der Waals surface area contributed by atoms with Gasteiger partial charge in [-0.05, 0) is 48.5 Å². The van der Waals surface area contributed by atoms with Gasteiger partial charge in [0, 0.05) is 16.3 Å². The minimum Gasteiger partial charge on any atom is -0.478 e. The maximum absolute atomic E-state index is 10.8. The molecule has 5 nitrogen and oxygen atoms in total. The van der Waals surface area contributed by atoms with Gasteiger partial charge < -0.3 is 10.4 Å². The highest BCUT2D eigenvalue weighted by Crippen LogP contribution is 2.22. The van der Waals surface area contributed by atoms with Crippen LogP contribution in [0.3, 0.4) is 0 Å². The minimum atomic E-state index is -0.956. The van der Waals surface area contributed by atoms with Crippen LogP contribution in [0.5, 0.6) is 0 Å². The van der Waals surface area contributed by atoms with Crippen LogP contribution < -0.4 is 5.32 Å². The number of hydrogen-bond acceptors (Lipinski definition) is 4. The number of rotatable bonds is 4. The first kappa shape index (κ1) is 15.0. The van der Waals surface area contributed by atoms with Crippen molar-refractivity contribution in [2.75, 3.05) is 5.32 Å². The second kappa shape index (κ2) is 6.46. The molecule has 0 bridgehead atoms. The van der Waals surface area contributed by atoms with E-state index in [0.29, 0.717) is 10.8 Å². The molecule has 0 saturated heterocycles. The van der Waals surface area contributed by atoms with E-state index < -0.39 is 5.97 Å². The number of carboxylic acids is 1. The SMILES string of the molecule is O=C(O)c1ccc(Nc2ccc(-c3cccc(Cl)c3)nn2)cc1. The van der Waals surface area contributed by atoms with Crippen LogP contribution in [0.2, 0.25) is 5.02 Å². The predicted octanol–water partition coefficient (Wildman–Crippen LogP) is 4.24. The summed E-state index contributed by atoms with van der Waals surface area (Å²) in [6.07, 6.45) is 0. The summed E-state index contributed by atoms with van der Waals surface area (Å²) in [4.78, 5) is 10.8. The maximum Gasteiger partial charge on any atom is 0.335 e. The van der Waals surface area contributed by atoms with Gasteiger partial charge in [0.2, 0.25) is 0 Å². The number of hydrogen-bond donors (Lipinski definition) is 2. The molecule has 0 unspecified atom stereocenters. The van der Waals surface area contributed by atoms with Crippen molar-refractivity contribution in [1.29, 1.82) is 0 Å². The van der Waals surface area contributed by atoms with E-state index >= 15 is 0 Å². The molecule has 0 aliphatic rings. The van der Waals surface area contributed by atoms with Crippen LogP contribution in [-0.4, -0.2) is 21.3 Å². The smallest absolute Gasteiger partial charge is 0.335 e. The Morgan fingerprint density at radius 1 is 1.00 bits per heavy atom. The van der Waals surface area contributed by atoms with Crippen LogP contribution in [0.15, 0.2) is 60.7 Å². The molecule has 0 aliphatic heterocycles. The molecule has 114 valence electrons. The van der Waals surface area contributed by atoms with E-state index in [1.807, 2.05) is 24.3 Å². The topological polar surface area (TPSA) is 75.1 Å². The van der Waals surface area contributed by atoms with Gasteiger partial charge in [-0.3, -0.25) is 0 Å². The minimum absolute atomic E-state index is 0.234. The Bertz CT molecular complexity index is 833. The van der Waals surface area contributed by atoms with Gasteiger partial charge in [-0.15, -0.1) is 10.2 Å². The Kier molecular flexibility index (Phi) is 4.21. The fourth-order valence-electron chi connectivity index (χ4n) is 2.04. The van der Waals surface area contributed by atoms with Crippen molar-refractivity contribution in [3.63, 3.8) is 0 Å². The lowest BCUT2D eigenvalue weighted by Gasteiger charge is -2.06. The van der Waals surface area contributed by atoms with Crippen LogP contribution >= 0.6 is 11.6 Å². The van der Waals surface area contributed by atoms with Gasteiger partial charge in [0.05, 0.1) is 11.3 Å². The molecule has 0 spiro atoms. The summed E-state index contributed by atoms with van der Waals surface area (Å²) in [5.74, 6) is -0.388. The molecule has 0 saturated carbocycles. The van der Waals surface area contributed by atoms with Gasteiger partial charge in [-0.25, -0.2) is 4.79 Å². The van der Waals surface area contributed by atoms with Gasteiger partial charge in [0.25, 0.3) is 0 Å². The molecule has 0 amide bonds. The van der Waals surface area contributed by atoms with E-state index in [1.54, 1.807) is 24.3 Å². The van der Waals surface area contributed by atoms with Crippen molar-refractivity contribution >= 4 is 29.1 Å². The number of halogens is 1. The third-order valence-electron chi connectivity index (χ3n) is 3.19.